The second-order valence-electron chi connectivity index (χ2n) is 7.60. The van der Waals surface area contributed by atoms with Crippen molar-refractivity contribution in [2.24, 2.45) is 5.41 Å². The second kappa shape index (κ2) is 6.19. The van der Waals surface area contributed by atoms with Crippen LogP contribution in [0.15, 0.2) is 12.3 Å². The number of pyridine rings is 1. The van der Waals surface area contributed by atoms with E-state index in [-0.39, 0.29) is 18.4 Å². The Kier molecular flexibility index (Phi) is 4.02. The van der Waals surface area contributed by atoms with Crippen molar-refractivity contribution in [1.82, 2.24) is 15.2 Å². The summed E-state index contributed by atoms with van der Waals surface area (Å²) in [5.41, 5.74) is 3.44. The number of hydrogen-bond acceptors (Lipinski definition) is 3. The molecule has 24 heavy (non-hydrogen) atoms. The van der Waals surface area contributed by atoms with Crippen LogP contribution in [0.3, 0.4) is 0 Å². The predicted molar refractivity (Wildman–Crippen MR) is 90.7 cm³/mol. The number of likely N-dealkylation sites (tertiary alicyclic amines) is 1. The van der Waals surface area contributed by atoms with E-state index >= 15 is 0 Å². The highest BCUT2D eigenvalue weighted by Gasteiger charge is 2.44. The Labute approximate surface area is 142 Å². The predicted octanol–water partition coefficient (Wildman–Crippen LogP) is 2.09. The lowest BCUT2D eigenvalue weighted by Crippen LogP contribution is -2.44. The molecule has 2 amide bonds. The number of aromatic nitrogens is 1. The van der Waals surface area contributed by atoms with Crippen molar-refractivity contribution in [3.63, 3.8) is 0 Å². The Morgan fingerprint density at radius 2 is 1.88 bits per heavy atom. The molecule has 0 atom stereocenters. The van der Waals surface area contributed by atoms with Gasteiger partial charge >= 0.3 is 0 Å². The highest BCUT2D eigenvalue weighted by molar-refractivity contribution is 5.96. The zero-order valence-corrected chi connectivity index (χ0v) is 14.1. The summed E-state index contributed by atoms with van der Waals surface area (Å²) in [6.07, 6.45) is 10.9. The van der Waals surface area contributed by atoms with Crippen LogP contribution in [0.25, 0.3) is 0 Å². The highest BCUT2D eigenvalue weighted by Crippen LogP contribution is 2.53. The van der Waals surface area contributed by atoms with E-state index in [0.717, 1.165) is 50.9 Å². The number of hydrogen-bond donors (Lipinski definition) is 1. The van der Waals surface area contributed by atoms with E-state index in [4.69, 9.17) is 0 Å². The van der Waals surface area contributed by atoms with Gasteiger partial charge in [0.05, 0.1) is 12.1 Å². The lowest BCUT2D eigenvalue weighted by Gasteiger charge is -2.32. The molecule has 128 valence electrons. The molecule has 1 spiro atoms. The topological polar surface area (TPSA) is 62.3 Å². The summed E-state index contributed by atoms with van der Waals surface area (Å²) in [6.45, 7) is 1.77. The van der Waals surface area contributed by atoms with E-state index in [0.29, 0.717) is 11.0 Å². The number of aryl methyl sites for hydroxylation is 2. The number of carbonyl (C=O) groups excluding carboxylic acids is 2. The Morgan fingerprint density at radius 1 is 1.12 bits per heavy atom. The van der Waals surface area contributed by atoms with Crippen molar-refractivity contribution >= 4 is 11.8 Å². The number of fused-ring (bicyclic) bond motifs is 1. The van der Waals surface area contributed by atoms with E-state index in [1.165, 1.54) is 24.8 Å². The van der Waals surface area contributed by atoms with Gasteiger partial charge in [0, 0.05) is 25.0 Å². The van der Waals surface area contributed by atoms with Gasteiger partial charge in [-0.15, -0.1) is 0 Å². The third-order valence-electron chi connectivity index (χ3n) is 5.97. The monoisotopic (exact) mass is 327 g/mol. The molecule has 2 aliphatic carbocycles. The van der Waals surface area contributed by atoms with Gasteiger partial charge < -0.3 is 10.2 Å². The zero-order chi connectivity index (χ0) is 16.6. The second-order valence-corrected chi connectivity index (χ2v) is 7.60. The molecular weight excluding hydrogens is 302 g/mol. The quantitative estimate of drug-likeness (QED) is 0.925. The van der Waals surface area contributed by atoms with Crippen molar-refractivity contribution in [3.8, 4) is 0 Å². The van der Waals surface area contributed by atoms with Gasteiger partial charge in [-0.25, -0.2) is 0 Å². The van der Waals surface area contributed by atoms with E-state index < -0.39 is 0 Å². The van der Waals surface area contributed by atoms with Crippen LogP contribution in [0.4, 0.5) is 0 Å². The van der Waals surface area contributed by atoms with Crippen molar-refractivity contribution in [3.05, 3.63) is 29.1 Å². The van der Waals surface area contributed by atoms with Crippen molar-refractivity contribution < 1.29 is 9.59 Å². The number of piperidine rings is 1. The summed E-state index contributed by atoms with van der Waals surface area (Å²) in [6, 6.07) is 1.94. The van der Waals surface area contributed by atoms with E-state index in [1.807, 2.05) is 11.0 Å². The molecule has 2 heterocycles. The molecule has 0 bridgehead atoms. The summed E-state index contributed by atoms with van der Waals surface area (Å²) < 4.78 is 0. The highest BCUT2D eigenvalue weighted by atomic mass is 16.2. The molecule has 1 saturated carbocycles. The van der Waals surface area contributed by atoms with Crippen molar-refractivity contribution in [2.45, 2.75) is 51.4 Å². The first kappa shape index (κ1) is 15.6. The molecule has 1 aromatic heterocycles. The van der Waals surface area contributed by atoms with Crippen LogP contribution in [-0.2, 0) is 17.6 Å². The summed E-state index contributed by atoms with van der Waals surface area (Å²) in [5, 5.41) is 2.77. The Bertz CT molecular complexity index is 657. The van der Waals surface area contributed by atoms with Gasteiger partial charge in [-0.05, 0) is 68.4 Å². The summed E-state index contributed by atoms with van der Waals surface area (Å²) in [4.78, 5) is 30.9. The number of amides is 2. The van der Waals surface area contributed by atoms with Gasteiger partial charge in [0.2, 0.25) is 5.91 Å². The van der Waals surface area contributed by atoms with E-state index in [2.05, 4.69) is 10.3 Å². The zero-order valence-electron chi connectivity index (χ0n) is 14.1. The average molecular weight is 327 g/mol. The number of carbonyl (C=O) groups is 2. The maximum atomic E-state index is 12.3. The van der Waals surface area contributed by atoms with Crippen LogP contribution in [-0.4, -0.2) is 41.3 Å². The third kappa shape index (κ3) is 3.17. The van der Waals surface area contributed by atoms with E-state index in [1.54, 1.807) is 6.20 Å². The summed E-state index contributed by atoms with van der Waals surface area (Å²) in [5.74, 6) is -0.162. The Morgan fingerprint density at radius 3 is 2.62 bits per heavy atom. The molecule has 5 nitrogen and oxygen atoms in total. The standard InChI is InChI=1S/C19H25N3O2/c23-17(22-9-7-19(5-6-19)8-10-22)13-21-18(24)15-11-14-3-1-2-4-16(14)20-12-15/h11-12H,1-10,13H2,(H,21,24). The molecule has 5 heteroatoms. The minimum Gasteiger partial charge on any atom is -0.343 e. The molecule has 3 aliphatic rings. The van der Waals surface area contributed by atoms with Crippen LogP contribution in [0.2, 0.25) is 0 Å². The lowest BCUT2D eigenvalue weighted by atomic mass is 9.94. The van der Waals surface area contributed by atoms with Crippen LogP contribution >= 0.6 is 0 Å². The molecule has 1 saturated heterocycles. The molecule has 0 aromatic carbocycles. The fourth-order valence-corrected chi connectivity index (χ4v) is 3.99. The average Bonchev–Trinajstić information content (AvgIpc) is 3.38. The SMILES string of the molecule is O=C(NCC(=O)N1CCC2(CC1)CC2)c1cnc2c(c1)CCCC2. The molecular formula is C19H25N3O2. The molecule has 1 aliphatic heterocycles. The van der Waals surface area contributed by atoms with Crippen molar-refractivity contribution in [2.75, 3.05) is 19.6 Å². The van der Waals surface area contributed by atoms with Gasteiger partial charge in [0.1, 0.15) is 0 Å². The van der Waals surface area contributed by atoms with Gasteiger partial charge in [-0.2, -0.15) is 0 Å². The number of rotatable bonds is 3. The van der Waals surface area contributed by atoms with Crippen LogP contribution in [0.5, 0.6) is 0 Å². The first-order valence-electron chi connectivity index (χ1n) is 9.19. The fourth-order valence-electron chi connectivity index (χ4n) is 3.99. The molecule has 1 aromatic rings. The number of nitrogens with zero attached hydrogens (tertiary/aromatic N) is 2. The Balaban J connectivity index is 1.30. The fraction of sp³-hybridized carbons (Fsp3) is 0.632. The molecule has 1 N–H and O–H groups in total. The maximum Gasteiger partial charge on any atom is 0.253 e. The van der Waals surface area contributed by atoms with Gasteiger partial charge in [-0.1, -0.05) is 0 Å². The maximum absolute atomic E-state index is 12.3. The minimum absolute atomic E-state index is 0.0322. The van der Waals surface area contributed by atoms with Crippen LogP contribution in [0, 0.1) is 5.41 Å². The molecule has 4 rings (SSSR count). The molecule has 0 radical (unpaired) electrons. The molecule has 0 unspecified atom stereocenters. The first-order chi connectivity index (χ1) is 11.7. The normalized spacial score (nSPS) is 21.2. The number of nitrogens with one attached hydrogen (secondary N) is 1. The van der Waals surface area contributed by atoms with Crippen molar-refractivity contribution in [1.29, 1.82) is 0 Å². The largest absolute Gasteiger partial charge is 0.343 e. The van der Waals surface area contributed by atoms with Crippen LogP contribution < -0.4 is 5.32 Å². The summed E-state index contributed by atoms with van der Waals surface area (Å²) >= 11 is 0. The van der Waals surface area contributed by atoms with Gasteiger partial charge in [-0.3, -0.25) is 14.6 Å². The summed E-state index contributed by atoms with van der Waals surface area (Å²) in [7, 11) is 0. The lowest BCUT2D eigenvalue weighted by molar-refractivity contribution is -0.131. The third-order valence-corrected chi connectivity index (χ3v) is 5.97. The minimum atomic E-state index is -0.195. The van der Waals surface area contributed by atoms with Gasteiger partial charge in [0.15, 0.2) is 0 Å². The molecule has 2 fully saturated rings. The Hall–Kier alpha value is -1.91. The first-order valence-corrected chi connectivity index (χ1v) is 9.19. The van der Waals surface area contributed by atoms with Gasteiger partial charge in [0.25, 0.3) is 5.91 Å². The van der Waals surface area contributed by atoms with Crippen LogP contribution in [0.1, 0.15) is 60.1 Å². The smallest absolute Gasteiger partial charge is 0.253 e. The van der Waals surface area contributed by atoms with E-state index in [9.17, 15) is 9.59 Å².